The third-order valence-corrected chi connectivity index (χ3v) is 11.6. The molecule has 0 spiro atoms. The highest BCUT2D eigenvalue weighted by atomic mass is 28.4. The average Bonchev–Trinajstić information content (AvgIpc) is 3.45. The van der Waals surface area contributed by atoms with Crippen LogP contribution in [0.3, 0.4) is 0 Å². The second-order valence-corrected chi connectivity index (χ2v) is 15.5. The monoisotopic (exact) mass is 512 g/mol. The SMILES string of the molecule is Cn1ncnc1-c1ccc2nc(-c3cccnc3N)n(-c3ccc(CO[Si](C)(C)C(C)(C)C)cc3)c2n1. The minimum absolute atomic E-state index is 0.160. The first-order valence-electron chi connectivity index (χ1n) is 12.2. The maximum atomic E-state index is 6.43. The van der Waals surface area contributed by atoms with Crippen LogP contribution in [0.4, 0.5) is 5.82 Å². The Kier molecular flexibility index (Phi) is 6.16. The van der Waals surface area contributed by atoms with Crippen molar-refractivity contribution in [1.82, 2.24) is 34.3 Å². The van der Waals surface area contributed by atoms with E-state index in [1.807, 2.05) is 35.9 Å². The van der Waals surface area contributed by atoms with Gasteiger partial charge in [-0.2, -0.15) is 5.10 Å². The molecule has 1 aromatic carbocycles. The van der Waals surface area contributed by atoms with Crippen LogP contribution in [0, 0.1) is 0 Å². The molecule has 0 saturated carbocycles. The summed E-state index contributed by atoms with van der Waals surface area (Å²) < 4.78 is 10.1. The quantitative estimate of drug-likeness (QED) is 0.304. The molecule has 4 heterocycles. The number of fused-ring (bicyclic) bond motifs is 1. The standard InChI is InChI=1S/C27H32N8OSi/c1-27(2,3)37(5,6)36-16-18-9-11-19(12-10-18)35-24(20-8-7-15-29-23(20)28)32-22-14-13-21(33-26(22)35)25-30-17-31-34(25)4/h7-15,17H,16H2,1-6H3,(H2,28,29). The van der Waals surface area contributed by atoms with Crippen molar-refractivity contribution in [3.8, 4) is 28.6 Å². The van der Waals surface area contributed by atoms with E-state index >= 15 is 0 Å². The van der Waals surface area contributed by atoms with E-state index in [0.717, 1.165) is 22.3 Å². The number of imidazole rings is 1. The summed E-state index contributed by atoms with van der Waals surface area (Å²) in [6.07, 6.45) is 3.19. The molecule has 0 unspecified atom stereocenters. The highest BCUT2D eigenvalue weighted by molar-refractivity contribution is 6.74. The molecule has 0 radical (unpaired) electrons. The summed E-state index contributed by atoms with van der Waals surface area (Å²) in [6.45, 7) is 11.9. The van der Waals surface area contributed by atoms with E-state index in [2.05, 4.69) is 73.2 Å². The maximum Gasteiger partial charge on any atom is 0.192 e. The Balaban J connectivity index is 1.60. The molecule has 190 valence electrons. The smallest absolute Gasteiger partial charge is 0.192 e. The number of anilines is 1. The minimum Gasteiger partial charge on any atom is -0.413 e. The lowest BCUT2D eigenvalue weighted by atomic mass is 10.2. The van der Waals surface area contributed by atoms with Gasteiger partial charge in [-0.3, -0.25) is 4.57 Å². The number of aromatic nitrogens is 7. The third kappa shape index (κ3) is 4.65. The van der Waals surface area contributed by atoms with Crippen molar-refractivity contribution in [3.05, 3.63) is 66.6 Å². The molecule has 5 rings (SSSR count). The van der Waals surface area contributed by atoms with Gasteiger partial charge in [-0.05, 0) is 60.1 Å². The summed E-state index contributed by atoms with van der Waals surface area (Å²) in [5, 5.41) is 4.35. The molecule has 0 bridgehead atoms. The summed E-state index contributed by atoms with van der Waals surface area (Å²) in [6, 6.07) is 16.0. The van der Waals surface area contributed by atoms with Crippen LogP contribution in [-0.2, 0) is 18.1 Å². The molecule has 4 aromatic heterocycles. The fraction of sp³-hybridized carbons (Fsp3) is 0.296. The number of benzene rings is 1. The molecule has 0 aliphatic carbocycles. The van der Waals surface area contributed by atoms with Gasteiger partial charge in [-0.15, -0.1) is 0 Å². The fourth-order valence-corrected chi connectivity index (χ4v) is 4.82. The van der Waals surface area contributed by atoms with Crippen molar-refractivity contribution in [2.45, 2.75) is 45.5 Å². The van der Waals surface area contributed by atoms with E-state index in [9.17, 15) is 0 Å². The molecule has 37 heavy (non-hydrogen) atoms. The molecule has 5 aromatic rings. The number of rotatable bonds is 6. The Bertz CT molecular complexity index is 1560. The number of hydrogen-bond acceptors (Lipinski definition) is 7. The second kappa shape index (κ2) is 9.20. The Hall–Kier alpha value is -3.89. The molecule has 0 fully saturated rings. The van der Waals surface area contributed by atoms with Crippen molar-refractivity contribution in [2.75, 3.05) is 5.73 Å². The number of nitrogen functional groups attached to an aromatic ring is 1. The first-order chi connectivity index (χ1) is 17.5. The van der Waals surface area contributed by atoms with Gasteiger partial charge in [-0.25, -0.2) is 24.6 Å². The number of aryl methyl sites for hydroxylation is 1. The first-order valence-corrected chi connectivity index (χ1v) is 15.1. The Morgan fingerprint density at radius 3 is 2.35 bits per heavy atom. The van der Waals surface area contributed by atoms with E-state index < -0.39 is 8.32 Å². The van der Waals surface area contributed by atoms with Crippen LogP contribution < -0.4 is 5.73 Å². The van der Waals surface area contributed by atoms with E-state index in [1.54, 1.807) is 10.9 Å². The Morgan fingerprint density at radius 2 is 1.70 bits per heavy atom. The molecule has 10 heteroatoms. The van der Waals surface area contributed by atoms with E-state index in [1.165, 1.54) is 6.33 Å². The zero-order valence-corrected chi connectivity index (χ0v) is 23.1. The Morgan fingerprint density at radius 1 is 0.946 bits per heavy atom. The molecule has 0 saturated heterocycles. The van der Waals surface area contributed by atoms with Crippen LogP contribution in [0.15, 0.2) is 61.1 Å². The fourth-order valence-electron chi connectivity index (χ4n) is 3.86. The molecule has 0 amide bonds. The van der Waals surface area contributed by atoms with Crippen LogP contribution in [0.25, 0.3) is 39.8 Å². The van der Waals surface area contributed by atoms with Crippen LogP contribution in [0.1, 0.15) is 26.3 Å². The lowest BCUT2D eigenvalue weighted by Gasteiger charge is -2.36. The molecule has 0 aliphatic heterocycles. The number of nitrogens with zero attached hydrogens (tertiary/aromatic N) is 7. The van der Waals surface area contributed by atoms with E-state index in [-0.39, 0.29) is 5.04 Å². The van der Waals surface area contributed by atoms with Crippen LogP contribution >= 0.6 is 0 Å². The van der Waals surface area contributed by atoms with Crippen LogP contribution in [-0.4, -0.2) is 42.6 Å². The molecule has 0 aliphatic rings. The van der Waals surface area contributed by atoms with Gasteiger partial charge >= 0.3 is 0 Å². The highest BCUT2D eigenvalue weighted by Gasteiger charge is 2.37. The molecule has 2 N–H and O–H groups in total. The number of nitrogens with two attached hydrogens (primary N) is 1. The van der Waals surface area contributed by atoms with Gasteiger partial charge in [0.15, 0.2) is 25.6 Å². The van der Waals surface area contributed by atoms with Crippen LogP contribution in [0.5, 0.6) is 0 Å². The minimum atomic E-state index is -1.85. The zero-order valence-electron chi connectivity index (χ0n) is 22.1. The average molecular weight is 513 g/mol. The lowest BCUT2D eigenvalue weighted by molar-refractivity contribution is 0.276. The predicted molar refractivity (Wildman–Crippen MR) is 148 cm³/mol. The third-order valence-electron chi connectivity index (χ3n) is 7.12. The summed E-state index contributed by atoms with van der Waals surface area (Å²) in [5.41, 5.74) is 11.2. The largest absolute Gasteiger partial charge is 0.413 e. The number of hydrogen-bond donors (Lipinski definition) is 1. The van der Waals surface area contributed by atoms with Gasteiger partial charge in [0.05, 0.1) is 12.2 Å². The Labute approximate surface area is 217 Å². The molecule has 9 nitrogen and oxygen atoms in total. The van der Waals surface area contributed by atoms with Crippen LogP contribution in [0.2, 0.25) is 18.1 Å². The lowest BCUT2D eigenvalue weighted by Crippen LogP contribution is -2.40. The highest BCUT2D eigenvalue weighted by Crippen LogP contribution is 2.37. The summed E-state index contributed by atoms with van der Waals surface area (Å²) >= 11 is 0. The first kappa shape index (κ1) is 24.8. The zero-order chi connectivity index (χ0) is 26.4. The van der Waals surface area contributed by atoms with E-state index in [4.69, 9.17) is 20.1 Å². The topological polar surface area (TPSA) is 110 Å². The van der Waals surface area contributed by atoms with Crippen molar-refractivity contribution >= 4 is 25.3 Å². The van der Waals surface area contributed by atoms with E-state index in [0.29, 0.717) is 35.4 Å². The van der Waals surface area contributed by atoms with Gasteiger partial charge < -0.3 is 10.2 Å². The van der Waals surface area contributed by atoms with Gasteiger partial charge in [0.1, 0.15) is 23.4 Å². The van der Waals surface area contributed by atoms with Crippen molar-refractivity contribution in [3.63, 3.8) is 0 Å². The molecular weight excluding hydrogens is 480 g/mol. The summed E-state index contributed by atoms with van der Waals surface area (Å²) in [4.78, 5) is 18.5. The summed E-state index contributed by atoms with van der Waals surface area (Å²) in [5.74, 6) is 1.76. The van der Waals surface area contributed by atoms with Crippen molar-refractivity contribution in [2.24, 2.45) is 7.05 Å². The number of pyridine rings is 2. The van der Waals surface area contributed by atoms with Gasteiger partial charge in [0, 0.05) is 18.9 Å². The molecular formula is C27H32N8OSi. The van der Waals surface area contributed by atoms with Crippen molar-refractivity contribution in [1.29, 1.82) is 0 Å². The maximum absolute atomic E-state index is 6.43. The van der Waals surface area contributed by atoms with Crippen molar-refractivity contribution < 1.29 is 4.43 Å². The van der Waals surface area contributed by atoms with Gasteiger partial charge in [-0.1, -0.05) is 32.9 Å². The van der Waals surface area contributed by atoms with Gasteiger partial charge in [0.2, 0.25) is 0 Å². The summed E-state index contributed by atoms with van der Waals surface area (Å²) in [7, 11) is -0.00141. The molecule has 0 atom stereocenters. The van der Waals surface area contributed by atoms with Gasteiger partial charge in [0.25, 0.3) is 0 Å². The normalized spacial score (nSPS) is 12.4. The second-order valence-electron chi connectivity index (χ2n) is 10.7. The predicted octanol–water partition coefficient (Wildman–Crippen LogP) is 5.38.